The van der Waals surface area contributed by atoms with Gasteiger partial charge >= 0.3 is 0 Å². The van der Waals surface area contributed by atoms with Crippen molar-refractivity contribution in [1.82, 2.24) is 14.4 Å². The minimum absolute atomic E-state index is 0.00307. The molecule has 0 aliphatic carbocycles. The van der Waals surface area contributed by atoms with Crippen LogP contribution < -0.4 is 10.2 Å². The van der Waals surface area contributed by atoms with Crippen molar-refractivity contribution in [2.24, 2.45) is 0 Å². The number of imidazole rings is 1. The number of carbonyl (C=O) groups is 1. The molecule has 0 saturated carbocycles. The molecule has 30 heavy (non-hydrogen) atoms. The number of benzene rings is 2. The predicted molar refractivity (Wildman–Crippen MR) is 113 cm³/mol. The van der Waals surface area contributed by atoms with Crippen molar-refractivity contribution in [3.05, 3.63) is 66.2 Å². The summed E-state index contributed by atoms with van der Waals surface area (Å²) in [5.74, 6) is 0.578. The molecule has 0 unspecified atom stereocenters. The first kappa shape index (κ1) is 17.1. The summed E-state index contributed by atoms with van der Waals surface area (Å²) in [5.41, 5.74) is 6.06. The summed E-state index contributed by atoms with van der Waals surface area (Å²) in [4.78, 5) is 23.6. The molecule has 0 spiro atoms. The van der Waals surface area contributed by atoms with Crippen LogP contribution in [0.15, 0.2) is 54.9 Å². The van der Waals surface area contributed by atoms with E-state index in [1.54, 1.807) is 18.3 Å². The van der Waals surface area contributed by atoms with E-state index in [9.17, 15) is 9.18 Å². The van der Waals surface area contributed by atoms with Crippen molar-refractivity contribution >= 4 is 23.1 Å². The van der Waals surface area contributed by atoms with E-state index in [0.29, 0.717) is 6.42 Å². The minimum Gasteiger partial charge on any atom is -0.353 e. The van der Waals surface area contributed by atoms with Gasteiger partial charge in [-0.3, -0.25) is 9.20 Å². The Bertz CT molecular complexity index is 1310. The maximum Gasteiger partial charge on any atom is 0.228 e. The third kappa shape index (κ3) is 2.58. The highest BCUT2D eigenvalue weighted by Gasteiger charge is 2.25. The number of aromatic nitrogens is 3. The fourth-order valence-electron chi connectivity index (χ4n) is 4.18. The highest BCUT2D eigenvalue weighted by Crippen LogP contribution is 2.37. The summed E-state index contributed by atoms with van der Waals surface area (Å²) in [6.45, 7) is 1.93. The number of hydrogen-bond acceptors (Lipinski definition) is 4. The minimum atomic E-state index is -0.283. The Labute approximate surface area is 172 Å². The number of carbonyl (C=O) groups excluding carboxylic acids is 1. The van der Waals surface area contributed by atoms with Gasteiger partial charge in [-0.2, -0.15) is 0 Å². The second-order valence-electron chi connectivity index (χ2n) is 7.70. The van der Waals surface area contributed by atoms with Gasteiger partial charge in [-0.15, -0.1) is 0 Å². The molecule has 0 bridgehead atoms. The van der Waals surface area contributed by atoms with E-state index in [0.717, 1.165) is 64.7 Å². The van der Waals surface area contributed by atoms with E-state index in [1.807, 2.05) is 28.8 Å². The lowest BCUT2D eigenvalue weighted by Gasteiger charge is -2.31. The molecular formula is C23H18FN5O. The summed E-state index contributed by atoms with van der Waals surface area (Å²) in [7, 11) is 0. The van der Waals surface area contributed by atoms with E-state index in [2.05, 4.69) is 15.2 Å². The molecule has 1 amide bonds. The third-order valence-electron chi connectivity index (χ3n) is 5.80. The van der Waals surface area contributed by atoms with Gasteiger partial charge in [-0.05, 0) is 48.4 Å². The lowest BCUT2D eigenvalue weighted by atomic mass is 10.0. The van der Waals surface area contributed by atoms with E-state index < -0.39 is 0 Å². The number of nitrogens with one attached hydrogen (secondary N) is 1. The van der Waals surface area contributed by atoms with Crippen LogP contribution in [0.3, 0.4) is 0 Å². The van der Waals surface area contributed by atoms with Crippen LogP contribution in [0.25, 0.3) is 28.2 Å². The van der Waals surface area contributed by atoms with Gasteiger partial charge < -0.3 is 10.2 Å². The molecule has 1 N–H and O–H groups in total. The van der Waals surface area contributed by atoms with E-state index in [-0.39, 0.29) is 11.7 Å². The number of amides is 1. The molecule has 4 aromatic rings. The third-order valence-corrected chi connectivity index (χ3v) is 5.80. The summed E-state index contributed by atoms with van der Waals surface area (Å²) in [6.07, 6.45) is 5.21. The maximum absolute atomic E-state index is 13.6. The number of halogens is 1. The maximum atomic E-state index is 13.6. The lowest BCUT2D eigenvalue weighted by molar-refractivity contribution is -0.115. The standard InChI is InChI=1S/C23H18FN5O/c24-17-5-2-14(3-6-17)20-21(15-4-7-18-16(12-15)13-19(30)26-18)29-11-8-25-22(23(29)27-20)28-9-1-10-28/h2-8,11-12H,1,9-10,13H2,(H,26,30). The van der Waals surface area contributed by atoms with Gasteiger partial charge in [0, 0.05) is 42.3 Å². The van der Waals surface area contributed by atoms with Gasteiger partial charge in [0.05, 0.1) is 17.8 Å². The zero-order valence-corrected chi connectivity index (χ0v) is 16.1. The molecule has 7 heteroatoms. The summed E-state index contributed by atoms with van der Waals surface area (Å²) in [6, 6.07) is 12.3. The lowest BCUT2D eigenvalue weighted by Crippen LogP contribution is -2.38. The smallest absolute Gasteiger partial charge is 0.228 e. The molecule has 4 heterocycles. The van der Waals surface area contributed by atoms with Gasteiger partial charge in [-0.25, -0.2) is 14.4 Å². The van der Waals surface area contributed by atoms with Crippen LogP contribution in [0.4, 0.5) is 15.9 Å². The molecule has 2 aliphatic rings. The molecule has 2 aliphatic heterocycles. The van der Waals surface area contributed by atoms with E-state index in [4.69, 9.17) is 4.98 Å². The van der Waals surface area contributed by atoms with Gasteiger partial charge in [-0.1, -0.05) is 6.07 Å². The normalized spacial score (nSPS) is 15.2. The zero-order chi connectivity index (χ0) is 20.2. The molecule has 6 rings (SSSR count). The van der Waals surface area contributed by atoms with Gasteiger partial charge in [0.2, 0.25) is 5.91 Å². The van der Waals surface area contributed by atoms with Gasteiger partial charge in [0.15, 0.2) is 11.5 Å². The van der Waals surface area contributed by atoms with Crippen molar-refractivity contribution in [2.75, 3.05) is 23.3 Å². The molecule has 6 nitrogen and oxygen atoms in total. The molecule has 0 atom stereocenters. The van der Waals surface area contributed by atoms with E-state index in [1.165, 1.54) is 12.1 Å². The molecule has 1 fully saturated rings. The fraction of sp³-hybridized carbons (Fsp3) is 0.174. The van der Waals surface area contributed by atoms with Crippen LogP contribution in [0.2, 0.25) is 0 Å². The van der Waals surface area contributed by atoms with Crippen LogP contribution in [0, 0.1) is 5.82 Å². The monoisotopic (exact) mass is 399 g/mol. The van der Waals surface area contributed by atoms with Crippen molar-refractivity contribution < 1.29 is 9.18 Å². The van der Waals surface area contributed by atoms with Crippen LogP contribution in [-0.2, 0) is 11.2 Å². The Balaban J connectivity index is 1.61. The summed E-state index contributed by atoms with van der Waals surface area (Å²) >= 11 is 0. The van der Waals surface area contributed by atoms with Gasteiger partial charge in [0.1, 0.15) is 5.82 Å². The number of hydrogen-bond donors (Lipinski definition) is 1. The summed E-state index contributed by atoms with van der Waals surface area (Å²) in [5, 5.41) is 2.88. The van der Waals surface area contributed by atoms with Crippen LogP contribution in [0.5, 0.6) is 0 Å². The Morgan fingerprint density at radius 1 is 1.03 bits per heavy atom. The first-order valence-corrected chi connectivity index (χ1v) is 9.98. The largest absolute Gasteiger partial charge is 0.353 e. The topological polar surface area (TPSA) is 62.5 Å². The SMILES string of the molecule is O=C1Cc2cc(-c3c(-c4ccc(F)cc4)nc4c(N5CCC5)nccn34)ccc2N1. The van der Waals surface area contributed by atoms with Crippen molar-refractivity contribution in [3.8, 4) is 22.5 Å². The molecule has 0 radical (unpaired) electrons. The number of anilines is 2. The highest BCUT2D eigenvalue weighted by molar-refractivity contribution is 6.00. The fourth-order valence-corrected chi connectivity index (χ4v) is 4.18. The Morgan fingerprint density at radius 2 is 1.83 bits per heavy atom. The molecule has 2 aromatic heterocycles. The first-order valence-electron chi connectivity index (χ1n) is 9.98. The second kappa shape index (κ2) is 6.38. The van der Waals surface area contributed by atoms with Crippen molar-refractivity contribution in [1.29, 1.82) is 0 Å². The number of nitrogens with zero attached hydrogens (tertiary/aromatic N) is 4. The number of fused-ring (bicyclic) bond motifs is 2. The Morgan fingerprint density at radius 3 is 2.60 bits per heavy atom. The quantitative estimate of drug-likeness (QED) is 0.567. The van der Waals surface area contributed by atoms with Crippen LogP contribution >= 0.6 is 0 Å². The average Bonchev–Trinajstić information content (AvgIpc) is 3.27. The second-order valence-corrected chi connectivity index (χ2v) is 7.70. The molecule has 2 aromatic carbocycles. The van der Waals surface area contributed by atoms with Crippen molar-refractivity contribution in [3.63, 3.8) is 0 Å². The predicted octanol–water partition coefficient (Wildman–Crippen LogP) is 3.91. The zero-order valence-electron chi connectivity index (χ0n) is 16.1. The molecule has 148 valence electrons. The highest BCUT2D eigenvalue weighted by atomic mass is 19.1. The van der Waals surface area contributed by atoms with Gasteiger partial charge in [0.25, 0.3) is 0 Å². The van der Waals surface area contributed by atoms with Crippen LogP contribution in [0.1, 0.15) is 12.0 Å². The van der Waals surface area contributed by atoms with Crippen LogP contribution in [-0.4, -0.2) is 33.4 Å². The molecule has 1 saturated heterocycles. The molecular weight excluding hydrogens is 381 g/mol. The first-order chi connectivity index (χ1) is 14.7. The van der Waals surface area contributed by atoms with Crippen molar-refractivity contribution in [2.45, 2.75) is 12.8 Å². The average molecular weight is 399 g/mol. The summed E-state index contributed by atoms with van der Waals surface area (Å²) < 4.78 is 15.6. The van der Waals surface area contributed by atoms with E-state index >= 15 is 0 Å². The Hall–Kier alpha value is -3.74. The number of rotatable bonds is 3. The Kier molecular flexibility index (Phi) is 3.65.